The fraction of sp³-hybridized carbons (Fsp3) is 0.500. The molecule has 118 valence electrons. The second-order valence-corrected chi connectivity index (χ2v) is 6.08. The monoisotopic (exact) mass is 299 g/mol. The summed E-state index contributed by atoms with van der Waals surface area (Å²) in [5.74, 6) is 0. The normalized spacial score (nSPS) is 19.1. The zero-order chi connectivity index (χ0) is 15.2. The van der Waals surface area contributed by atoms with Gasteiger partial charge in [-0.1, -0.05) is 6.92 Å². The third kappa shape index (κ3) is 3.96. The third-order valence-corrected chi connectivity index (χ3v) is 4.52. The molecule has 4 heteroatoms. The minimum Gasteiger partial charge on any atom is -0.472 e. The van der Waals surface area contributed by atoms with Crippen molar-refractivity contribution in [2.45, 2.75) is 38.9 Å². The van der Waals surface area contributed by atoms with Gasteiger partial charge in [-0.05, 0) is 49.7 Å². The molecule has 0 amide bonds. The molecule has 2 aromatic heterocycles. The second kappa shape index (κ2) is 7.56. The maximum absolute atomic E-state index is 5.23. The molecule has 0 aliphatic carbocycles. The van der Waals surface area contributed by atoms with Gasteiger partial charge in [0, 0.05) is 43.6 Å². The Bertz CT molecular complexity index is 541. The summed E-state index contributed by atoms with van der Waals surface area (Å²) in [6.07, 6.45) is 10.00. The second-order valence-electron chi connectivity index (χ2n) is 6.08. The molecule has 1 aliphatic heterocycles. The van der Waals surface area contributed by atoms with Crippen LogP contribution < -0.4 is 0 Å². The topological polar surface area (TPSA) is 32.5 Å². The quantitative estimate of drug-likeness (QED) is 0.786. The molecule has 22 heavy (non-hydrogen) atoms. The minimum absolute atomic E-state index is 0.679. The molecule has 3 heterocycles. The highest BCUT2D eigenvalue weighted by atomic mass is 16.3. The predicted octanol–water partition coefficient (Wildman–Crippen LogP) is 3.16. The Balaban J connectivity index is 1.68. The van der Waals surface area contributed by atoms with Crippen molar-refractivity contribution in [3.05, 3.63) is 54.2 Å². The lowest BCUT2D eigenvalue weighted by Gasteiger charge is -2.30. The highest BCUT2D eigenvalue weighted by Gasteiger charge is 2.25. The molecule has 1 fully saturated rings. The Morgan fingerprint density at radius 3 is 2.77 bits per heavy atom. The van der Waals surface area contributed by atoms with Gasteiger partial charge in [0.1, 0.15) is 0 Å². The summed E-state index contributed by atoms with van der Waals surface area (Å²) in [4.78, 5) is 9.25. The van der Waals surface area contributed by atoms with E-state index in [1.165, 1.54) is 30.5 Å². The van der Waals surface area contributed by atoms with E-state index in [2.05, 4.69) is 39.9 Å². The summed E-state index contributed by atoms with van der Waals surface area (Å²) in [7, 11) is 0. The van der Waals surface area contributed by atoms with Crippen LogP contribution in [0.25, 0.3) is 0 Å². The Labute approximate surface area is 132 Å². The van der Waals surface area contributed by atoms with Crippen LogP contribution in [0.1, 0.15) is 30.9 Å². The number of likely N-dealkylation sites (N-methyl/N-ethyl adjacent to an activating group) is 1. The SMILES string of the molecule is CCN1CCCC1CN(Cc1ccncc1)Cc1ccoc1. The van der Waals surface area contributed by atoms with Gasteiger partial charge in [-0.25, -0.2) is 0 Å². The van der Waals surface area contributed by atoms with Crippen molar-refractivity contribution >= 4 is 0 Å². The van der Waals surface area contributed by atoms with Gasteiger partial charge >= 0.3 is 0 Å². The van der Waals surface area contributed by atoms with Crippen molar-refractivity contribution in [3.8, 4) is 0 Å². The number of hydrogen-bond acceptors (Lipinski definition) is 4. The summed E-state index contributed by atoms with van der Waals surface area (Å²) in [6.45, 7) is 7.67. The van der Waals surface area contributed by atoms with Gasteiger partial charge in [0.25, 0.3) is 0 Å². The van der Waals surface area contributed by atoms with Gasteiger partial charge < -0.3 is 4.42 Å². The van der Waals surface area contributed by atoms with Crippen molar-refractivity contribution in [2.24, 2.45) is 0 Å². The summed E-state index contributed by atoms with van der Waals surface area (Å²) in [5.41, 5.74) is 2.56. The van der Waals surface area contributed by atoms with Crippen LogP contribution in [0.4, 0.5) is 0 Å². The maximum atomic E-state index is 5.23. The van der Waals surface area contributed by atoms with E-state index in [1.54, 1.807) is 6.26 Å². The number of rotatable bonds is 7. The molecule has 3 rings (SSSR count). The molecule has 0 saturated carbocycles. The van der Waals surface area contributed by atoms with Crippen molar-refractivity contribution in [1.29, 1.82) is 0 Å². The largest absolute Gasteiger partial charge is 0.472 e. The van der Waals surface area contributed by atoms with Crippen LogP contribution in [0.5, 0.6) is 0 Å². The fourth-order valence-electron chi connectivity index (χ4n) is 3.39. The highest BCUT2D eigenvalue weighted by Crippen LogP contribution is 2.20. The van der Waals surface area contributed by atoms with Crippen LogP contribution in [0.2, 0.25) is 0 Å². The summed E-state index contributed by atoms with van der Waals surface area (Å²) >= 11 is 0. The van der Waals surface area contributed by atoms with Crippen molar-refractivity contribution in [1.82, 2.24) is 14.8 Å². The van der Waals surface area contributed by atoms with E-state index in [0.717, 1.165) is 26.2 Å². The van der Waals surface area contributed by atoms with Gasteiger partial charge in [-0.3, -0.25) is 14.8 Å². The number of nitrogens with zero attached hydrogens (tertiary/aromatic N) is 3. The van der Waals surface area contributed by atoms with Gasteiger partial charge in [0.15, 0.2) is 0 Å². The van der Waals surface area contributed by atoms with Crippen LogP contribution in [0.3, 0.4) is 0 Å². The number of pyridine rings is 1. The molecule has 1 atom stereocenters. The van der Waals surface area contributed by atoms with Gasteiger partial charge in [0.05, 0.1) is 12.5 Å². The Morgan fingerprint density at radius 1 is 1.23 bits per heavy atom. The van der Waals surface area contributed by atoms with Crippen LogP contribution in [0, 0.1) is 0 Å². The van der Waals surface area contributed by atoms with Crippen LogP contribution in [0.15, 0.2) is 47.5 Å². The average Bonchev–Trinajstić information content (AvgIpc) is 3.20. The van der Waals surface area contributed by atoms with E-state index in [4.69, 9.17) is 4.42 Å². The van der Waals surface area contributed by atoms with E-state index < -0.39 is 0 Å². The maximum Gasteiger partial charge on any atom is 0.0947 e. The number of likely N-dealkylation sites (tertiary alicyclic amines) is 1. The van der Waals surface area contributed by atoms with Crippen LogP contribution in [-0.2, 0) is 13.1 Å². The standard InChI is InChI=1S/C18H25N3O/c1-2-21-10-3-4-18(21)14-20(13-17-7-11-22-15-17)12-16-5-8-19-9-6-16/h5-9,11,15,18H,2-4,10,12-14H2,1H3. The summed E-state index contributed by atoms with van der Waals surface area (Å²) in [5, 5.41) is 0. The Hall–Kier alpha value is -1.65. The van der Waals surface area contributed by atoms with E-state index in [9.17, 15) is 0 Å². The molecule has 0 spiro atoms. The fourth-order valence-corrected chi connectivity index (χ4v) is 3.39. The van der Waals surface area contributed by atoms with Crippen molar-refractivity contribution in [2.75, 3.05) is 19.6 Å². The zero-order valence-electron chi connectivity index (χ0n) is 13.3. The molecule has 4 nitrogen and oxygen atoms in total. The van der Waals surface area contributed by atoms with Crippen LogP contribution >= 0.6 is 0 Å². The first-order valence-electron chi connectivity index (χ1n) is 8.21. The van der Waals surface area contributed by atoms with E-state index >= 15 is 0 Å². The third-order valence-electron chi connectivity index (χ3n) is 4.52. The van der Waals surface area contributed by atoms with Gasteiger partial charge in [-0.15, -0.1) is 0 Å². The van der Waals surface area contributed by atoms with E-state index in [-0.39, 0.29) is 0 Å². The number of hydrogen-bond donors (Lipinski definition) is 0. The molecular formula is C18H25N3O. The lowest BCUT2D eigenvalue weighted by atomic mass is 10.1. The molecule has 1 unspecified atom stereocenters. The smallest absolute Gasteiger partial charge is 0.0947 e. The zero-order valence-corrected chi connectivity index (χ0v) is 13.3. The molecule has 0 bridgehead atoms. The van der Waals surface area contributed by atoms with E-state index in [1.807, 2.05) is 18.7 Å². The van der Waals surface area contributed by atoms with Gasteiger partial charge in [0.2, 0.25) is 0 Å². The minimum atomic E-state index is 0.679. The first-order chi connectivity index (χ1) is 10.8. The molecular weight excluding hydrogens is 274 g/mol. The van der Waals surface area contributed by atoms with Crippen molar-refractivity contribution in [3.63, 3.8) is 0 Å². The van der Waals surface area contributed by atoms with Gasteiger partial charge in [-0.2, -0.15) is 0 Å². The molecule has 2 aromatic rings. The lowest BCUT2D eigenvalue weighted by Crippen LogP contribution is -2.39. The first-order valence-corrected chi connectivity index (χ1v) is 8.21. The molecule has 0 N–H and O–H groups in total. The molecule has 1 saturated heterocycles. The Morgan fingerprint density at radius 2 is 2.05 bits per heavy atom. The highest BCUT2D eigenvalue weighted by molar-refractivity contribution is 5.11. The van der Waals surface area contributed by atoms with Crippen LogP contribution in [-0.4, -0.2) is 40.5 Å². The Kier molecular flexibility index (Phi) is 5.24. The lowest BCUT2D eigenvalue weighted by molar-refractivity contribution is 0.166. The first kappa shape index (κ1) is 15.3. The summed E-state index contributed by atoms with van der Waals surface area (Å²) < 4.78 is 5.23. The average molecular weight is 299 g/mol. The number of aromatic nitrogens is 1. The number of furan rings is 1. The molecule has 0 radical (unpaired) electrons. The van der Waals surface area contributed by atoms with Crippen molar-refractivity contribution < 1.29 is 4.42 Å². The summed E-state index contributed by atoms with van der Waals surface area (Å²) in [6, 6.07) is 6.95. The molecule has 1 aliphatic rings. The molecule has 0 aromatic carbocycles. The van der Waals surface area contributed by atoms with E-state index in [0.29, 0.717) is 6.04 Å². The predicted molar refractivity (Wildman–Crippen MR) is 87.3 cm³/mol.